The third-order valence-corrected chi connectivity index (χ3v) is 4.66. The molecule has 2 heterocycles. The zero-order chi connectivity index (χ0) is 19.5. The van der Waals surface area contributed by atoms with Crippen molar-refractivity contribution in [2.45, 2.75) is 12.8 Å². The molecule has 0 unspecified atom stereocenters. The molecule has 0 aliphatic heterocycles. The topological polar surface area (TPSA) is 75.6 Å². The first-order valence-corrected chi connectivity index (χ1v) is 9.07. The average Bonchev–Trinajstić information content (AvgIpc) is 3.25. The van der Waals surface area contributed by atoms with Crippen LogP contribution in [-0.4, -0.2) is 32.2 Å². The number of fused-ring (bicyclic) bond motifs is 1. The Morgan fingerprint density at radius 2 is 2.04 bits per heavy atom. The van der Waals surface area contributed by atoms with Gasteiger partial charge in [-0.25, -0.2) is 9.37 Å². The Bertz CT molecular complexity index is 1120. The van der Waals surface area contributed by atoms with Crippen molar-refractivity contribution in [2.75, 3.05) is 6.54 Å². The Morgan fingerprint density at radius 1 is 1.21 bits per heavy atom. The maximum Gasteiger partial charge on any atom is 0.254 e. The molecule has 0 aliphatic carbocycles. The summed E-state index contributed by atoms with van der Waals surface area (Å²) in [5.41, 5.74) is 3.91. The Balaban J connectivity index is 1.41. The molecular weight excluding hydrogens is 357 g/mol. The maximum atomic E-state index is 13.3. The molecule has 0 saturated heterocycles. The maximum absolute atomic E-state index is 13.3. The van der Waals surface area contributed by atoms with Crippen molar-refractivity contribution < 1.29 is 9.18 Å². The van der Waals surface area contributed by atoms with Gasteiger partial charge in [-0.05, 0) is 23.8 Å². The number of aromatic amines is 1. The van der Waals surface area contributed by atoms with Crippen LogP contribution in [0.15, 0.2) is 54.7 Å². The summed E-state index contributed by atoms with van der Waals surface area (Å²) in [6.45, 7) is 0.417. The quantitative estimate of drug-likeness (QED) is 0.542. The normalized spacial score (nSPS) is 11.1. The SMILES string of the molecule is Cn1ncc(C(=O)NCCc2nc3ccc(F)cc3[nH]2)c1Cc1ccccc1. The largest absolute Gasteiger partial charge is 0.351 e. The van der Waals surface area contributed by atoms with Gasteiger partial charge < -0.3 is 10.3 Å². The molecule has 0 radical (unpaired) electrons. The molecule has 0 bridgehead atoms. The summed E-state index contributed by atoms with van der Waals surface area (Å²) in [6.07, 6.45) is 2.75. The number of nitrogens with zero attached hydrogens (tertiary/aromatic N) is 3. The molecule has 0 aliphatic rings. The van der Waals surface area contributed by atoms with E-state index in [9.17, 15) is 9.18 Å². The van der Waals surface area contributed by atoms with Gasteiger partial charge in [-0.1, -0.05) is 30.3 Å². The van der Waals surface area contributed by atoms with Crippen LogP contribution < -0.4 is 5.32 Å². The van der Waals surface area contributed by atoms with Crippen molar-refractivity contribution in [3.05, 3.63) is 83.2 Å². The van der Waals surface area contributed by atoms with Gasteiger partial charge in [0.1, 0.15) is 11.6 Å². The highest BCUT2D eigenvalue weighted by Gasteiger charge is 2.16. The third-order valence-electron chi connectivity index (χ3n) is 4.66. The summed E-state index contributed by atoms with van der Waals surface area (Å²) in [5.74, 6) is 0.233. The number of nitrogens with one attached hydrogen (secondary N) is 2. The van der Waals surface area contributed by atoms with Crippen molar-refractivity contribution in [3.8, 4) is 0 Å². The molecule has 142 valence electrons. The van der Waals surface area contributed by atoms with Crippen molar-refractivity contribution in [3.63, 3.8) is 0 Å². The number of rotatable bonds is 6. The van der Waals surface area contributed by atoms with Gasteiger partial charge in [0.25, 0.3) is 5.91 Å². The summed E-state index contributed by atoms with van der Waals surface area (Å²) < 4.78 is 15.0. The summed E-state index contributed by atoms with van der Waals surface area (Å²) in [6, 6.07) is 14.4. The first kappa shape index (κ1) is 17.9. The monoisotopic (exact) mass is 377 g/mol. The number of benzene rings is 2. The standard InChI is InChI=1S/C21H20FN5O/c1-27-19(11-14-5-3-2-4-6-14)16(13-24-27)21(28)23-10-9-20-25-17-8-7-15(22)12-18(17)26-20/h2-8,12-13H,9-11H2,1H3,(H,23,28)(H,25,26). The van der Waals surface area contributed by atoms with E-state index in [-0.39, 0.29) is 11.7 Å². The minimum absolute atomic E-state index is 0.166. The number of aromatic nitrogens is 4. The summed E-state index contributed by atoms with van der Waals surface area (Å²) >= 11 is 0. The predicted octanol–water partition coefficient (Wildman–Crippen LogP) is 3.00. The van der Waals surface area contributed by atoms with Crippen molar-refractivity contribution in [2.24, 2.45) is 7.05 Å². The third kappa shape index (κ3) is 3.78. The van der Waals surface area contributed by atoms with E-state index < -0.39 is 0 Å². The van der Waals surface area contributed by atoms with Crippen LogP contribution in [0.3, 0.4) is 0 Å². The van der Waals surface area contributed by atoms with Crippen LogP contribution in [0.5, 0.6) is 0 Å². The minimum atomic E-state index is -0.307. The van der Waals surface area contributed by atoms with Gasteiger partial charge in [-0.2, -0.15) is 5.10 Å². The van der Waals surface area contributed by atoms with Gasteiger partial charge in [-0.3, -0.25) is 9.48 Å². The number of amides is 1. The van der Waals surface area contributed by atoms with Crippen LogP contribution in [0.1, 0.15) is 27.4 Å². The van der Waals surface area contributed by atoms with Gasteiger partial charge in [0.15, 0.2) is 0 Å². The Labute approximate surface area is 161 Å². The summed E-state index contributed by atoms with van der Waals surface area (Å²) in [7, 11) is 1.84. The van der Waals surface area contributed by atoms with E-state index in [1.807, 2.05) is 37.4 Å². The zero-order valence-corrected chi connectivity index (χ0v) is 15.4. The average molecular weight is 377 g/mol. The first-order chi connectivity index (χ1) is 13.6. The molecular formula is C21H20FN5O. The van der Waals surface area contributed by atoms with E-state index in [0.29, 0.717) is 41.8 Å². The fourth-order valence-electron chi connectivity index (χ4n) is 3.19. The van der Waals surface area contributed by atoms with Crippen LogP contribution in [0, 0.1) is 5.82 Å². The van der Waals surface area contributed by atoms with Gasteiger partial charge in [0.2, 0.25) is 0 Å². The molecule has 2 aromatic heterocycles. The van der Waals surface area contributed by atoms with Gasteiger partial charge in [-0.15, -0.1) is 0 Å². The van der Waals surface area contributed by atoms with Gasteiger partial charge in [0.05, 0.1) is 28.5 Å². The molecule has 4 aromatic rings. The lowest BCUT2D eigenvalue weighted by Gasteiger charge is -2.07. The highest BCUT2D eigenvalue weighted by Crippen LogP contribution is 2.15. The Morgan fingerprint density at radius 3 is 2.86 bits per heavy atom. The van der Waals surface area contributed by atoms with E-state index >= 15 is 0 Å². The summed E-state index contributed by atoms with van der Waals surface area (Å²) in [5, 5.41) is 7.16. The Hall–Kier alpha value is -3.48. The molecule has 2 N–H and O–H groups in total. The van der Waals surface area contributed by atoms with E-state index in [1.165, 1.54) is 12.1 Å². The molecule has 7 heteroatoms. The fourth-order valence-corrected chi connectivity index (χ4v) is 3.19. The summed E-state index contributed by atoms with van der Waals surface area (Å²) in [4.78, 5) is 20.1. The lowest BCUT2D eigenvalue weighted by Crippen LogP contribution is -2.26. The number of hydrogen-bond donors (Lipinski definition) is 2. The first-order valence-electron chi connectivity index (χ1n) is 9.07. The second-order valence-corrected chi connectivity index (χ2v) is 6.64. The molecule has 6 nitrogen and oxygen atoms in total. The number of carbonyl (C=O) groups is 1. The van der Waals surface area contributed by atoms with Crippen LogP contribution in [0.2, 0.25) is 0 Å². The molecule has 1 amide bonds. The molecule has 28 heavy (non-hydrogen) atoms. The van der Waals surface area contributed by atoms with E-state index in [0.717, 1.165) is 11.3 Å². The smallest absolute Gasteiger partial charge is 0.254 e. The lowest BCUT2D eigenvalue weighted by molar-refractivity contribution is 0.0953. The molecule has 2 aromatic carbocycles. The number of imidazole rings is 1. The predicted molar refractivity (Wildman–Crippen MR) is 105 cm³/mol. The highest BCUT2D eigenvalue weighted by molar-refractivity contribution is 5.95. The Kier molecular flexibility index (Phi) is 4.89. The zero-order valence-electron chi connectivity index (χ0n) is 15.4. The number of carbonyl (C=O) groups excluding carboxylic acids is 1. The van der Waals surface area contributed by atoms with Crippen LogP contribution in [0.4, 0.5) is 4.39 Å². The van der Waals surface area contributed by atoms with Gasteiger partial charge in [0, 0.05) is 26.4 Å². The van der Waals surface area contributed by atoms with E-state index in [2.05, 4.69) is 20.4 Å². The fraction of sp³-hybridized carbons (Fsp3) is 0.190. The number of hydrogen-bond acceptors (Lipinski definition) is 3. The van der Waals surface area contributed by atoms with E-state index in [4.69, 9.17) is 0 Å². The van der Waals surface area contributed by atoms with Gasteiger partial charge >= 0.3 is 0 Å². The van der Waals surface area contributed by atoms with Crippen molar-refractivity contribution in [1.82, 2.24) is 25.1 Å². The van der Waals surface area contributed by atoms with Crippen molar-refractivity contribution >= 4 is 16.9 Å². The number of halogens is 1. The molecule has 0 atom stereocenters. The van der Waals surface area contributed by atoms with Crippen LogP contribution >= 0.6 is 0 Å². The second kappa shape index (κ2) is 7.64. The van der Waals surface area contributed by atoms with E-state index in [1.54, 1.807) is 16.9 Å². The van der Waals surface area contributed by atoms with Crippen LogP contribution in [0.25, 0.3) is 11.0 Å². The lowest BCUT2D eigenvalue weighted by atomic mass is 10.1. The molecule has 0 fully saturated rings. The molecule has 0 saturated carbocycles. The molecule has 4 rings (SSSR count). The van der Waals surface area contributed by atoms with Crippen molar-refractivity contribution in [1.29, 1.82) is 0 Å². The van der Waals surface area contributed by atoms with Crippen LogP contribution in [-0.2, 0) is 19.9 Å². The second-order valence-electron chi connectivity index (χ2n) is 6.64. The minimum Gasteiger partial charge on any atom is -0.351 e. The number of H-pyrrole nitrogens is 1. The highest BCUT2D eigenvalue weighted by atomic mass is 19.1. The number of aryl methyl sites for hydroxylation is 1. The molecule has 0 spiro atoms.